The Bertz CT molecular complexity index is 530. The molecule has 2 rings (SSSR count). The van der Waals surface area contributed by atoms with Gasteiger partial charge in [0.2, 0.25) is 16.1 Å². The van der Waals surface area contributed by atoms with E-state index in [4.69, 9.17) is 0 Å². The summed E-state index contributed by atoms with van der Waals surface area (Å²) in [7, 11) is -3.14. The lowest BCUT2D eigenvalue weighted by molar-refractivity contribution is 0.565. The van der Waals surface area contributed by atoms with Gasteiger partial charge in [-0.05, 0) is 30.7 Å². The van der Waals surface area contributed by atoms with Crippen LogP contribution in [0.3, 0.4) is 0 Å². The third-order valence-electron chi connectivity index (χ3n) is 2.41. The third-order valence-corrected chi connectivity index (χ3v) is 4.28. The molecule has 0 spiro atoms. The lowest BCUT2D eigenvalue weighted by Gasteiger charge is -2.16. The van der Waals surface area contributed by atoms with Gasteiger partial charge >= 0.3 is 0 Å². The first-order valence-electron chi connectivity index (χ1n) is 4.82. The summed E-state index contributed by atoms with van der Waals surface area (Å²) in [6, 6.07) is 6.46. The Morgan fingerprint density at radius 3 is 2.44 bits per heavy atom. The SMILES string of the molecule is O=C=Nc1ccc(N2CCCS2(=O)=O)cc1. The molecule has 1 heterocycles. The molecule has 1 saturated heterocycles. The van der Waals surface area contributed by atoms with Crippen LogP contribution in [0.2, 0.25) is 0 Å². The van der Waals surface area contributed by atoms with Crippen LogP contribution in [0.5, 0.6) is 0 Å². The smallest absolute Gasteiger partial charge is 0.240 e. The summed E-state index contributed by atoms with van der Waals surface area (Å²) < 4.78 is 24.6. The summed E-state index contributed by atoms with van der Waals surface area (Å²) in [5.74, 6) is 0.196. The summed E-state index contributed by atoms with van der Waals surface area (Å²) in [4.78, 5) is 13.5. The summed E-state index contributed by atoms with van der Waals surface area (Å²) >= 11 is 0. The van der Waals surface area contributed by atoms with Crippen LogP contribution < -0.4 is 4.31 Å². The minimum atomic E-state index is -3.14. The minimum Gasteiger partial charge on any atom is -0.270 e. The number of anilines is 1. The van der Waals surface area contributed by atoms with E-state index in [1.165, 1.54) is 10.4 Å². The Morgan fingerprint density at radius 1 is 1.25 bits per heavy atom. The van der Waals surface area contributed by atoms with Crippen molar-refractivity contribution in [3.63, 3.8) is 0 Å². The average molecular weight is 238 g/mol. The fourth-order valence-corrected chi connectivity index (χ4v) is 3.24. The van der Waals surface area contributed by atoms with Crippen molar-refractivity contribution in [3.8, 4) is 0 Å². The van der Waals surface area contributed by atoms with Crippen molar-refractivity contribution in [1.82, 2.24) is 0 Å². The normalized spacial score (nSPS) is 18.1. The summed E-state index contributed by atoms with van der Waals surface area (Å²) in [5.41, 5.74) is 1.08. The van der Waals surface area contributed by atoms with E-state index in [0.29, 0.717) is 24.3 Å². The maximum atomic E-state index is 11.6. The minimum absolute atomic E-state index is 0.196. The Balaban J connectivity index is 2.32. The van der Waals surface area contributed by atoms with Crippen LogP contribution in [0.4, 0.5) is 11.4 Å². The number of rotatable bonds is 2. The maximum Gasteiger partial charge on any atom is 0.240 e. The van der Waals surface area contributed by atoms with Crippen LogP contribution in [-0.2, 0) is 14.8 Å². The highest BCUT2D eigenvalue weighted by molar-refractivity contribution is 7.93. The quantitative estimate of drug-likeness (QED) is 0.574. The fraction of sp³-hybridized carbons (Fsp3) is 0.300. The largest absolute Gasteiger partial charge is 0.270 e. The van der Waals surface area contributed by atoms with Crippen molar-refractivity contribution < 1.29 is 13.2 Å². The highest BCUT2D eigenvalue weighted by Crippen LogP contribution is 2.25. The zero-order valence-corrected chi connectivity index (χ0v) is 9.27. The lowest BCUT2D eigenvalue weighted by atomic mass is 10.3. The fourth-order valence-electron chi connectivity index (χ4n) is 1.68. The van der Waals surface area contributed by atoms with Crippen LogP contribution in [0.1, 0.15) is 6.42 Å². The second-order valence-electron chi connectivity index (χ2n) is 3.46. The lowest BCUT2D eigenvalue weighted by Crippen LogP contribution is -2.24. The number of nitrogens with zero attached hydrogens (tertiary/aromatic N) is 2. The van der Waals surface area contributed by atoms with Gasteiger partial charge in [0.1, 0.15) is 0 Å². The molecule has 1 aliphatic heterocycles. The van der Waals surface area contributed by atoms with Crippen LogP contribution in [0.15, 0.2) is 29.3 Å². The molecule has 0 bridgehead atoms. The second-order valence-corrected chi connectivity index (χ2v) is 5.47. The summed E-state index contributed by atoms with van der Waals surface area (Å²) in [6.45, 7) is 0.513. The third kappa shape index (κ3) is 1.98. The van der Waals surface area contributed by atoms with E-state index in [2.05, 4.69) is 4.99 Å². The van der Waals surface area contributed by atoms with Gasteiger partial charge < -0.3 is 0 Å². The zero-order chi connectivity index (χ0) is 11.6. The van der Waals surface area contributed by atoms with Gasteiger partial charge in [0, 0.05) is 6.54 Å². The number of carbonyl (C=O) groups excluding carboxylic acids is 1. The van der Waals surface area contributed by atoms with Crippen LogP contribution in [-0.4, -0.2) is 26.8 Å². The van der Waals surface area contributed by atoms with E-state index in [1.54, 1.807) is 24.3 Å². The van der Waals surface area contributed by atoms with Gasteiger partial charge in [0.05, 0.1) is 17.1 Å². The van der Waals surface area contributed by atoms with Crippen molar-refractivity contribution in [2.75, 3.05) is 16.6 Å². The average Bonchev–Trinajstić information content (AvgIpc) is 2.60. The van der Waals surface area contributed by atoms with Gasteiger partial charge in [-0.1, -0.05) is 0 Å². The molecule has 0 aliphatic carbocycles. The topological polar surface area (TPSA) is 66.8 Å². The molecule has 1 aromatic carbocycles. The monoisotopic (exact) mass is 238 g/mol. The summed E-state index contributed by atoms with van der Waals surface area (Å²) in [6.07, 6.45) is 2.08. The van der Waals surface area contributed by atoms with Crippen molar-refractivity contribution in [2.24, 2.45) is 4.99 Å². The number of isocyanates is 1. The van der Waals surface area contributed by atoms with Crippen LogP contribution in [0.25, 0.3) is 0 Å². The second kappa shape index (κ2) is 4.08. The molecule has 1 aliphatic rings. The maximum absolute atomic E-state index is 11.6. The van der Waals surface area contributed by atoms with Gasteiger partial charge in [-0.2, -0.15) is 4.99 Å². The van der Waals surface area contributed by atoms with Crippen LogP contribution in [0, 0.1) is 0 Å². The van der Waals surface area contributed by atoms with Crippen LogP contribution >= 0.6 is 0 Å². The molecular weight excluding hydrogens is 228 g/mol. The van der Waals surface area contributed by atoms with Gasteiger partial charge in [-0.25, -0.2) is 13.2 Å². The van der Waals surface area contributed by atoms with E-state index in [9.17, 15) is 13.2 Å². The van der Waals surface area contributed by atoms with E-state index < -0.39 is 10.0 Å². The van der Waals surface area contributed by atoms with E-state index >= 15 is 0 Å². The van der Waals surface area contributed by atoms with Gasteiger partial charge in [0.15, 0.2) is 0 Å². The number of benzene rings is 1. The van der Waals surface area contributed by atoms with Crippen molar-refractivity contribution in [1.29, 1.82) is 0 Å². The Morgan fingerprint density at radius 2 is 1.94 bits per heavy atom. The standard InChI is InChI=1S/C10H10N2O3S/c13-8-11-9-2-4-10(5-3-9)12-6-1-7-16(12,14)15/h2-5H,1,6-7H2. The van der Waals surface area contributed by atoms with Gasteiger partial charge in [0.25, 0.3) is 0 Å². The molecule has 0 N–H and O–H groups in total. The van der Waals surface area contributed by atoms with E-state index in [0.717, 1.165) is 0 Å². The zero-order valence-electron chi connectivity index (χ0n) is 8.46. The number of hydrogen-bond donors (Lipinski definition) is 0. The molecule has 0 radical (unpaired) electrons. The first-order valence-corrected chi connectivity index (χ1v) is 6.43. The van der Waals surface area contributed by atoms with E-state index in [1.807, 2.05) is 0 Å². The molecular formula is C10H10N2O3S. The molecule has 1 fully saturated rings. The predicted molar refractivity (Wildman–Crippen MR) is 60.0 cm³/mol. The Labute approximate surface area is 93.5 Å². The molecule has 0 saturated carbocycles. The van der Waals surface area contributed by atoms with E-state index in [-0.39, 0.29) is 5.75 Å². The highest BCUT2D eigenvalue weighted by atomic mass is 32.2. The molecule has 0 aromatic heterocycles. The van der Waals surface area contributed by atoms with Gasteiger partial charge in [-0.15, -0.1) is 0 Å². The van der Waals surface area contributed by atoms with Gasteiger partial charge in [-0.3, -0.25) is 4.31 Å². The van der Waals surface area contributed by atoms with Crippen molar-refractivity contribution in [3.05, 3.63) is 24.3 Å². The molecule has 0 amide bonds. The summed E-state index contributed by atoms with van der Waals surface area (Å²) in [5, 5.41) is 0. The Hall–Kier alpha value is -1.65. The first kappa shape index (κ1) is 10.9. The van der Waals surface area contributed by atoms with Crippen molar-refractivity contribution >= 4 is 27.5 Å². The van der Waals surface area contributed by atoms with Crippen molar-refractivity contribution in [2.45, 2.75) is 6.42 Å². The Kier molecular flexibility index (Phi) is 2.77. The molecule has 1 aromatic rings. The number of hydrogen-bond acceptors (Lipinski definition) is 4. The predicted octanol–water partition coefficient (Wildman–Crippen LogP) is 1.19. The molecule has 84 valence electrons. The number of sulfonamides is 1. The molecule has 6 heteroatoms. The molecule has 16 heavy (non-hydrogen) atoms. The highest BCUT2D eigenvalue weighted by Gasteiger charge is 2.28. The first-order chi connectivity index (χ1) is 7.63. The molecule has 0 atom stereocenters. The number of aliphatic imine (C=N–C) groups is 1. The molecule has 0 unspecified atom stereocenters. The molecule has 5 nitrogen and oxygen atoms in total.